The van der Waals surface area contributed by atoms with Gasteiger partial charge in [-0.2, -0.15) is 5.26 Å². The molecule has 0 aliphatic carbocycles. The van der Waals surface area contributed by atoms with E-state index in [9.17, 15) is 9.18 Å². The highest BCUT2D eigenvalue weighted by molar-refractivity contribution is 5.90. The molecule has 0 heterocycles. The van der Waals surface area contributed by atoms with Gasteiger partial charge in [-0.25, -0.2) is 9.18 Å². The van der Waals surface area contributed by atoms with Gasteiger partial charge in [-0.15, -0.1) is 0 Å². The molecule has 0 aliphatic heterocycles. The van der Waals surface area contributed by atoms with Gasteiger partial charge in [0.05, 0.1) is 11.3 Å². The van der Waals surface area contributed by atoms with E-state index in [0.717, 1.165) is 6.07 Å². The van der Waals surface area contributed by atoms with Gasteiger partial charge >= 0.3 is 6.03 Å². The van der Waals surface area contributed by atoms with E-state index in [2.05, 4.69) is 10.6 Å². The molecule has 0 radical (unpaired) electrons. The largest absolute Gasteiger partial charge is 0.385 e. The number of anilines is 1. The molecule has 0 bridgehead atoms. The van der Waals surface area contributed by atoms with Crippen LogP contribution in [-0.4, -0.2) is 26.3 Å². The van der Waals surface area contributed by atoms with Crippen molar-refractivity contribution in [1.82, 2.24) is 5.32 Å². The van der Waals surface area contributed by atoms with Crippen LogP contribution in [0.4, 0.5) is 14.9 Å². The maximum Gasteiger partial charge on any atom is 0.319 e. The number of benzene rings is 1. The predicted octanol–water partition coefficient (Wildman–Crippen LogP) is 1.86. The average Bonchev–Trinajstić information content (AvgIpc) is 2.37. The molecular weight excluding hydrogens is 237 g/mol. The monoisotopic (exact) mass is 251 g/mol. The van der Waals surface area contributed by atoms with Gasteiger partial charge in [-0.3, -0.25) is 0 Å². The number of hydrogen-bond donors (Lipinski definition) is 2. The summed E-state index contributed by atoms with van der Waals surface area (Å²) in [5.74, 6) is -0.516. The first kappa shape index (κ1) is 13.9. The van der Waals surface area contributed by atoms with Crippen molar-refractivity contribution in [3.8, 4) is 6.07 Å². The smallest absolute Gasteiger partial charge is 0.319 e. The van der Waals surface area contributed by atoms with E-state index in [-0.39, 0.29) is 11.3 Å². The molecule has 2 N–H and O–H groups in total. The van der Waals surface area contributed by atoms with Crippen LogP contribution < -0.4 is 10.6 Å². The minimum atomic E-state index is -0.516. The number of ether oxygens (including phenoxy) is 1. The molecule has 96 valence electrons. The van der Waals surface area contributed by atoms with Crippen molar-refractivity contribution in [2.24, 2.45) is 0 Å². The molecule has 0 saturated heterocycles. The quantitative estimate of drug-likeness (QED) is 0.784. The molecule has 2 amide bonds. The van der Waals surface area contributed by atoms with Crippen LogP contribution in [0.1, 0.15) is 12.0 Å². The lowest BCUT2D eigenvalue weighted by Crippen LogP contribution is -2.30. The molecule has 0 aromatic heterocycles. The Morgan fingerprint density at radius 1 is 1.56 bits per heavy atom. The van der Waals surface area contributed by atoms with Gasteiger partial charge in [0.25, 0.3) is 0 Å². The van der Waals surface area contributed by atoms with Gasteiger partial charge in [0.15, 0.2) is 0 Å². The Hall–Kier alpha value is -2.13. The SMILES string of the molecule is COCCCNC(=O)Nc1ccc(F)cc1C#N. The fourth-order valence-corrected chi connectivity index (χ4v) is 1.30. The zero-order valence-corrected chi connectivity index (χ0v) is 10.00. The summed E-state index contributed by atoms with van der Waals surface area (Å²) in [5, 5.41) is 13.9. The Balaban J connectivity index is 2.52. The van der Waals surface area contributed by atoms with Crippen LogP contribution in [0.3, 0.4) is 0 Å². The number of nitriles is 1. The first-order valence-corrected chi connectivity index (χ1v) is 5.41. The summed E-state index contributed by atoms with van der Waals surface area (Å²) in [6.07, 6.45) is 0.693. The predicted molar refractivity (Wildman–Crippen MR) is 64.6 cm³/mol. The third-order valence-corrected chi connectivity index (χ3v) is 2.16. The third kappa shape index (κ3) is 4.39. The van der Waals surface area contributed by atoms with Gasteiger partial charge in [0.1, 0.15) is 11.9 Å². The van der Waals surface area contributed by atoms with E-state index in [1.807, 2.05) is 6.07 Å². The van der Waals surface area contributed by atoms with Gasteiger partial charge in [-0.1, -0.05) is 0 Å². The van der Waals surface area contributed by atoms with Crippen LogP contribution in [0.5, 0.6) is 0 Å². The van der Waals surface area contributed by atoms with Crippen molar-refractivity contribution in [3.63, 3.8) is 0 Å². The van der Waals surface area contributed by atoms with E-state index in [4.69, 9.17) is 10.00 Å². The Bertz CT molecular complexity index is 457. The molecule has 0 atom stereocenters. The zero-order valence-electron chi connectivity index (χ0n) is 10.00. The first-order valence-electron chi connectivity index (χ1n) is 5.41. The maximum absolute atomic E-state index is 12.9. The number of nitrogens with one attached hydrogen (secondary N) is 2. The zero-order chi connectivity index (χ0) is 13.4. The van der Waals surface area contributed by atoms with Gasteiger partial charge in [0, 0.05) is 20.3 Å². The second-order valence-electron chi connectivity index (χ2n) is 3.53. The highest BCUT2D eigenvalue weighted by atomic mass is 19.1. The highest BCUT2D eigenvalue weighted by Gasteiger charge is 2.07. The Labute approximate surface area is 105 Å². The number of amides is 2. The van der Waals surface area contributed by atoms with E-state index in [0.29, 0.717) is 19.6 Å². The van der Waals surface area contributed by atoms with Crippen LogP contribution in [-0.2, 0) is 4.74 Å². The van der Waals surface area contributed by atoms with Crippen molar-refractivity contribution in [2.45, 2.75) is 6.42 Å². The normalized spacial score (nSPS) is 9.61. The van der Waals surface area contributed by atoms with Crippen molar-refractivity contribution in [1.29, 1.82) is 5.26 Å². The summed E-state index contributed by atoms with van der Waals surface area (Å²) in [6, 6.07) is 4.98. The van der Waals surface area contributed by atoms with E-state index in [1.165, 1.54) is 12.1 Å². The molecule has 0 spiro atoms. The van der Waals surface area contributed by atoms with Crippen molar-refractivity contribution < 1.29 is 13.9 Å². The fraction of sp³-hybridized carbons (Fsp3) is 0.333. The minimum absolute atomic E-state index is 0.0852. The molecule has 1 rings (SSSR count). The van der Waals surface area contributed by atoms with Gasteiger partial charge in [-0.05, 0) is 24.6 Å². The number of methoxy groups -OCH3 is 1. The number of carbonyl (C=O) groups excluding carboxylic acids is 1. The lowest BCUT2D eigenvalue weighted by Gasteiger charge is -2.08. The van der Waals surface area contributed by atoms with Crippen LogP contribution in [0.25, 0.3) is 0 Å². The summed E-state index contributed by atoms with van der Waals surface area (Å²) >= 11 is 0. The molecular formula is C12H14FN3O2. The standard InChI is InChI=1S/C12H14FN3O2/c1-18-6-2-5-15-12(17)16-11-4-3-10(13)7-9(11)8-14/h3-4,7H,2,5-6H2,1H3,(H2,15,16,17). The molecule has 0 saturated carbocycles. The maximum atomic E-state index is 12.9. The summed E-state index contributed by atoms with van der Waals surface area (Å²) < 4.78 is 17.7. The van der Waals surface area contributed by atoms with E-state index < -0.39 is 11.8 Å². The average molecular weight is 251 g/mol. The number of rotatable bonds is 5. The molecule has 1 aromatic rings. The van der Waals surface area contributed by atoms with Crippen LogP contribution in [0.2, 0.25) is 0 Å². The lowest BCUT2D eigenvalue weighted by molar-refractivity contribution is 0.194. The summed E-state index contributed by atoms with van der Waals surface area (Å²) in [5.41, 5.74) is 0.366. The molecule has 0 unspecified atom stereocenters. The summed E-state index contributed by atoms with van der Waals surface area (Å²) in [6.45, 7) is 1.02. The van der Waals surface area contributed by atoms with E-state index in [1.54, 1.807) is 7.11 Å². The third-order valence-electron chi connectivity index (χ3n) is 2.16. The van der Waals surface area contributed by atoms with Crippen LogP contribution in [0, 0.1) is 17.1 Å². The van der Waals surface area contributed by atoms with Crippen molar-refractivity contribution in [2.75, 3.05) is 25.6 Å². The summed E-state index contributed by atoms with van der Waals surface area (Å²) in [7, 11) is 1.58. The second-order valence-corrected chi connectivity index (χ2v) is 3.53. The molecule has 6 heteroatoms. The number of urea groups is 1. The Morgan fingerprint density at radius 2 is 2.33 bits per heavy atom. The Morgan fingerprint density at radius 3 is 3.00 bits per heavy atom. The number of carbonyl (C=O) groups is 1. The topological polar surface area (TPSA) is 74.2 Å². The minimum Gasteiger partial charge on any atom is -0.385 e. The number of hydrogen-bond acceptors (Lipinski definition) is 3. The van der Waals surface area contributed by atoms with Crippen LogP contribution in [0.15, 0.2) is 18.2 Å². The molecule has 18 heavy (non-hydrogen) atoms. The van der Waals surface area contributed by atoms with Crippen molar-refractivity contribution >= 4 is 11.7 Å². The highest BCUT2D eigenvalue weighted by Crippen LogP contribution is 2.15. The molecule has 0 fully saturated rings. The number of halogens is 1. The van der Waals surface area contributed by atoms with Gasteiger partial charge < -0.3 is 15.4 Å². The summed E-state index contributed by atoms with van der Waals surface area (Å²) in [4.78, 5) is 11.5. The number of nitrogens with zero attached hydrogens (tertiary/aromatic N) is 1. The Kier molecular flexibility index (Phi) is 5.61. The first-order chi connectivity index (χ1) is 8.67. The molecule has 1 aromatic carbocycles. The van der Waals surface area contributed by atoms with E-state index >= 15 is 0 Å². The second kappa shape index (κ2) is 7.25. The molecule has 5 nitrogen and oxygen atoms in total. The molecule has 0 aliphatic rings. The van der Waals surface area contributed by atoms with Gasteiger partial charge in [0.2, 0.25) is 0 Å². The van der Waals surface area contributed by atoms with Crippen molar-refractivity contribution in [3.05, 3.63) is 29.6 Å². The fourth-order valence-electron chi connectivity index (χ4n) is 1.30. The lowest BCUT2D eigenvalue weighted by atomic mass is 10.2. The van der Waals surface area contributed by atoms with Crippen LogP contribution >= 0.6 is 0 Å².